The first kappa shape index (κ1) is 14.4. The molecule has 1 unspecified atom stereocenters. The quantitative estimate of drug-likeness (QED) is 0.910. The molecule has 0 amide bonds. The fourth-order valence-electron chi connectivity index (χ4n) is 3.44. The van der Waals surface area contributed by atoms with E-state index in [4.69, 9.17) is 0 Å². The van der Waals surface area contributed by atoms with Gasteiger partial charge in [-0.05, 0) is 67.0 Å². The minimum Gasteiger partial charge on any atom is -0.383 e. The molecular weight excluding hydrogens is 314 g/mol. The van der Waals surface area contributed by atoms with E-state index in [1.54, 1.807) is 0 Å². The van der Waals surface area contributed by atoms with Crippen molar-refractivity contribution in [3.05, 3.63) is 28.7 Å². The minimum atomic E-state index is 0.820. The SMILES string of the molecule is Brc1ccccc1NCCN1CCCN2CCCC2C1. The standard InChI is InChI=1S/C16H24BrN3/c17-15-6-1-2-7-16(15)18-8-12-19-9-4-11-20-10-3-5-14(20)13-19/h1-2,6-7,14,18H,3-5,8-13H2. The molecule has 2 aliphatic heterocycles. The van der Waals surface area contributed by atoms with E-state index in [2.05, 4.69) is 55.3 Å². The lowest BCUT2D eigenvalue weighted by molar-refractivity contribution is 0.224. The van der Waals surface area contributed by atoms with Crippen LogP contribution in [0.1, 0.15) is 19.3 Å². The molecule has 3 nitrogen and oxygen atoms in total. The number of halogens is 1. The van der Waals surface area contributed by atoms with E-state index >= 15 is 0 Å². The highest BCUT2D eigenvalue weighted by Gasteiger charge is 2.28. The van der Waals surface area contributed by atoms with Crippen molar-refractivity contribution in [1.82, 2.24) is 9.80 Å². The van der Waals surface area contributed by atoms with E-state index in [1.165, 1.54) is 51.1 Å². The van der Waals surface area contributed by atoms with Gasteiger partial charge in [-0.1, -0.05) is 12.1 Å². The Morgan fingerprint density at radius 1 is 1.15 bits per heavy atom. The summed E-state index contributed by atoms with van der Waals surface area (Å²) < 4.78 is 1.15. The van der Waals surface area contributed by atoms with E-state index < -0.39 is 0 Å². The van der Waals surface area contributed by atoms with Crippen molar-refractivity contribution in [3.8, 4) is 0 Å². The Labute approximate surface area is 130 Å². The van der Waals surface area contributed by atoms with Gasteiger partial charge in [-0.15, -0.1) is 0 Å². The number of rotatable bonds is 4. The number of nitrogens with one attached hydrogen (secondary N) is 1. The maximum atomic E-state index is 3.59. The Morgan fingerprint density at radius 3 is 2.90 bits per heavy atom. The van der Waals surface area contributed by atoms with Gasteiger partial charge in [0.15, 0.2) is 0 Å². The van der Waals surface area contributed by atoms with Gasteiger partial charge in [0.05, 0.1) is 0 Å². The first-order chi connectivity index (χ1) is 9.83. The molecule has 0 aliphatic carbocycles. The molecule has 4 heteroatoms. The molecule has 0 aromatic heterocycles. The third-order valence-corrected chi connectivity index (χ3v) is 5.20. The minimum absolute atomic E-state index is 0.820. The molecule has 2 heterocycles. The van der Waals surface area contributed by atoms with Crippen LogP contribution in [0.4, 0.5) is 5.69 Å². The van der Waals surface area contributed by atoms with Crippen LogP contribution in [0.2, 0.25) is 0 Å². The van der Waals surface area contributed by atoms with Crippen molar-refractivity contribution in [1.29, 1.82) is 0 Å². The predicted molar refractivity (Wildman–Crippen MR) is 88.3 cm³/mol. The second-order valence-electron chi connectivity index (χ2n) is 5.89. The maximum absolute atomic E-state index is 3.59. The van der Waals surface area contributed by atoms with Crippen molar-refractivity contribution in [2.24, 2.45) is 0 Å². The van der Waals surface area contributed by atoms with Gasteiger partial charge < -0.3 is 5.32 Å². The van der Waals surface area contributed by atoms with Crippen LogP contribution in [0.25, 0.3) is 0 Å². The zero-order valence-electron chi connectivity index (χ0n) is 12.0. The van der Waals surface area contributed by atoms with Crippen LogP contribution in [-0.2, 0) is 0 Å². The lowest BCUT2D eigenvalue weighted by atomic mass is 10.2. The van der Waals surface area contributed by atoms with Crippen molar-refractivity contribution >= 4 is 21.6 Å². The number of hydrogen-bond donors (Lipinski definition) is 1. The lowest BCUT2D eigenvalue weighted by Gasteiger charge is -2.25. The zero-order valence-corrected chi connectivity index (χ0v) is 13.6. The van der Waals surface area contributed by atoms with Gasteiger partial charge >= 0.3 is 0 Å². The predicted octanol–water partition coefficient (Wildman–Crippen LogP) is 3.03. The zero-order chi connectivity index (χ0) is 13.8. The van der Waals surface area contributed by atoms with Crippen molar-refractivity contribution in [2.75, 3.05) is 44.6 Å². The molecule has 0 bridgehead atoms. The summed E-state index contributed by atoms with van der Waals surface area (Å²) in [5.74, 6) is 0. The summed E-state index contributed by atoms with van der Waals surface area (Å²) in [6, 6.07) is 9.17. The molecule has 20 heavy (non-hydrogen) atoms. The molecule has 2 saturated heterocycles. The van der Waals surface area contributed by atoms with Gasteiger partial charge in [-0.3, -0.25) is 9.80 Å². The van der Waals surface area contributed by atoms with Gasteiger partial charge in [0, 0.05) is 35.8 Å². The molecule has 2 aliphatic rings. The molecule has 2 fully saturated rings. The Bertz CT molecular complexity index is 437. The molecule has 1 atom stereocenters. The monoisotopic (exact) mass is 337 g/mol. The third kappa shape index (κ3) is 3.54. The maximum Gasteiger partial charge on any atom is 0.0485 e. The van der Waals surface area contributed by atoms with Crippen LogP contribution in [0.15, 0.2) is 28.7 Å². The van der Waals surface area contributed by atoms with Crippen LogP contribution in [-0.4, -0.2) is 55.1 Å². The number of benzene rings is 1. The van der Waals surface area contributed by atoms with Crippen LogP contribution < -0.4 is 5.32 Å². The molecule has 0 saturated carbocycles. The highest BCUT2D eigenvalue weighted by molar-refractivity contribution is 9.10. The van der Waals surface area contributed by atoms with Crippen molar-refractivity contribution in [3.63, 3.8) is 0 Å². The van der Waals surface area contributed by atoms with Crippen LogP contribution >= 0.6 is 15.9 Å². The summed E-state index contributed by atoms with van der Waals surface area (Å²) in [7, 11) is 0. The third-order valence-electron chi connectivity index (χ3n) is 4.51. The molecule has 1 N–H and O–H groups in total. The Morgan fingerprint density at radius 2 is 2.00 bits per heavy atom. The average Bonchev–Trinajstić information content (AvgIpc) is 2.79. The highest BCUT2D eigenvalue weighted by Crippen LogP contribution is 2.22. The highest BCUT2D eigenvalue weighted by atomic mass is 79.9. The molecule has 1 aromatic carbocycles. The lowest BCUT2D eigenvalue weighted by Crippen LogP contribution is -2.38. The van der Waals surface area contributed by atoms with Gasteiger partial charge in [0.2, 0.25) is 0 Å². The summed E-state index contributed by atoms with van der Waals surface area (Å²) in [5.41, 5.74) is 1.20. The normalized spacial score (nSPS) is 24.4. The van der Waals surface area contributed by atoms with Gasteiger partial charge in [-0.2, -0.15) is 0 Å². The summed E-state index contributed by atoms with van der Waals surface area (Å²) in [4.78, 5) is 5.33. The van der Waals surface area contributed by atoms with E-state index in [-0.39, 0.29) is 0 Å². The molecule has 1 aromatic rings. The van der Waals surface area contributed by atoms with Gasteiger partial charge in [-0.25, -0.2) is 0 Å². The second kappa shape index (κ2) is 6.92. The number of hydrogen-bond acceptors (Lipinski definition) is 3. The van der Waals surface area contributed by atoms with Gasteiger partial charge in [0.1, 0.15) is 0 Å². The molecule has 0 radical (unpaired) electrons. The molecule has 110 valence electrons. The largest absolute Gasteiger partial charge is 0.383 e. The average molecular weight is 338 g/mol. The van der Waals surface area contributed by atoms with Crippen molar-refractivity contribution in [2.45, 2.75) is 25.3 Å². The topological polar surface area (TPSA) is 18.5 Å². The van der Waals surface area contributed by atoms with Crippen LogP contribution in [0.5, 0.6) is 0 Å². The summed E-state index contributed by atoms with van der Waals surface area (Å²) >= 11 is 3.59. The first-order valence-electron chi connectivity index (χ1n) is 7.78. The number of anilines is 1. The summed E-state index contributed by atoms with van der Waals surface area (Å²) in [6.07, 6.45) is 4.12. The Kier molecular flexibility index (Phi) is 4.97. The van der Waals surface area contributed by atoms with Crippen molar-refractivity contribution < 1.29 is 0 Å². The van der Waals surface area contributed by atoms with Gasteiger partial charge in [0.25, 0.3) is 0 Å². The number of para-hydroxylation sites is 1. The summed E-state index contributed by atoms with van der Waals surface area (Å²) in [5, 5.41) is 3.54. The summed E-state index contributed by atoms with van der Waals surface area (Å²) in [6.45, 7) is 7.32. The Balaban J connectivity index is 1.47. The molecule has 3 rings (SSSR count). The van der Waals surface area contributed by atoms with Crippen LogP contribution in [0.3, 0.4) is 0 Å². The smallest absolute Gasteiger partial charge is 0.0485 e. The first-order valence-corrected chi connectivity index (χ1v) is 8.57. The van der Waals surface area contributed by atoms with E-state index in [9.17, 15) is 0 Å². The van der Waals surface area contributed by atoms with E-state index in [1.807, 2.05) is 0 Å². The van der Waals surface area contributed by atoms with Crippen LogP contribution in [0, 0.1) is 0 Å². The number of fused-ring (bicyclic) bond motifs is 1. The molecule has 0 spiro atoms. The number of nitrogens with zero attached hydrogens (tertiary/aromatic N) is 2. The fraction of sp³-hybridized carbons (Fsp3) is 0.625. The fourth-order valence-corrected chi connectivity index (χ4v) is 3.86. The molecular formula is C16H24BrN3. The second-order valence-corrected chi connectivity index (χ2v) is 6.75. The van der Waals surface area contributed by atoms with E-state index in [0.29, 0.717) is 0 Å². The Hall–Kier alpha value is -0.580. The van der Waals surface area contributed by atoms with E-state index in [0.717, 1.165) is 23.6 Å².